The van der Waals surface area contributed by atoms with Gasteiger partial charge in [0.25, 0.3) is 0 Å². The minimum atomic E-state index is -3.88. The average molecular weight is 305 g/mol. The average Bonchev–Trinajstić information content (AvgIpc) is 2.59. The van der Waals surface area contributed by atoms with Gasteiger partial charge in [0.05, 0.1) is 18.2 Å². The number of sulfonamides is 2. The molecule has 0 aliphatic rings. The number of hydrogen-bond donors (Lipinski definition) is 0. The van der Waals surface area contributed by atoms with Gasteiger partial charge in [-0.25, -0.2) is 16.8 Å². The number of benzene rings is 1. The van der Waals surface area contributed by atoms with Gasteiger partial charge in [-0.05, 0) is 35.0 Å². The van der Waals surface area contributed by atoms with Crippen molar-refractivity contribution in [3.8, 4) is 0 Å². The van der Waals surface area contributed by atoms with E-state index in [1.54, 1.807) is 12.1 Å². The van der Waals surface area contributed by atoms with Crippen LogP contribution in [-0.2, 0) is 20.0 Å². The molecule has 2 aromatic rings. The van der Waals surface area contributed by atoms with Crippen LogP contribution in [0.5, 0.6) is 0 Å². The molecule has 0 amide bonds. The van der Waals surface area contributed by atoms with Crippen LogP contribution in [0.4, 0.5) is 5.69 Å². The molecule has 0 spiro atoms. The van der Waals surface area contributed by atoms with Crippen molar-refractivity contribution >= 4 is 47.2 Å². The summed E-state index contributed by atoms with van der Waals surface area (Å²) in [6.07, 6.45) is 1.73. The van der Waals surface area contributed by atoms with Crippen LogP contribution in [0.15, 0.2) is 29.6 Å². The summed E-state index contributed by atoms with van der Waals surface area (Å²) < 4.78 is 47.8. The van der Waals surface area contributed by atoms with E-state index in [-0.39, 0.29) is 5.69 Å². The lowest BCUT2D eigenvalue weighted by atomic mass is 10.2. The summed E-state index contributed by atoms with van der Waals surface area (Å²) >= 11 is 1.51. The van der Waals surface area contributed by atoms with Crippen molar-refractivity contribution in [2.45, 2.75) is 0 Å². The third kappa shape index (κ3) is 2.50. The van der Waals surface area contributed by atoms with Gasteiger partial charge in [0.15, 0.2) is 0 Å². The molecule has 0 unspecified atom stereocenters. The number of nitrogens with zero attached hydrogens (tertiary/aromatic N) is 1. The zero-order valence-corrected chi connectivity index (χ0v) is 12.1. The minimum absolute atomic E-state index is 0.130. The fourth-order valence-electron chi connectivity index (χ4n) is 1.70. The van der Waals surface area contributed by atoms with Gasteiger partial charge >= 0.3 is 0 Å². The Morgan fingerprint density at radius 2 is 1.61 bits per heavy atom. The second kappa shape index (κ2) is 4.22. The summed E-state index contributed by atoms with van der Waals surface area (Å²) in [6.45, 7) is 0. The molecular weight excluding hydrogens is 294 g/mol. The SMILES string of the molecule is CS(=O)(=O)N(c1ccc2sccc2c1)S(C)(=O)=O. The van der Waals surface area contributed by atoms with Gasteiger partial charge in [-0.15, -0.1) is 11.3 Å². The third-order valence-electron chi connectivity index (χ3n) is 2.25. The molecule has 18 heavy (non-hydrogen) atoms. The van der Waals surface area contributed by atoms with Crippen molar-refractivity contribution in [1.29, 1.82) is 0 Å². The van der Waals surface area contributed by atoms with Gasteiger partial charge in [-0.2, -0.15) is 3.71 Å². The molecule has 1 heterocycles. The molecular formula is C10H11NO4S3. The van der Waals surface area contributed by atoms with Gasteiger partial charge in [-0.1, -0.05) is 0 Å². The lowest BCUT2D eigenvalue weighted by molar-refractivity contribution is 0.591. The molecule has 1 aromatic carbocycles. The topological polar surface area (TPSA) is 71.5 Å². The van der Waals surface area contributed by atoms with Crippen molar-refractivity contribution < 1.29 is 16.8 Å². The van der Waals surface area contributed by atoms with Crippen LogP contribution in [0.3, 0.4) is 0 Å². The Morgan fingerprint density at radius 1 is 1.00 bits per heavy atom. The highest BCUT2D eigenvalue weighted by molar-refractivity contribution is 8.09. The Kier molecular flexibility index (Phi) is 3.12. The van der Waals surface area contributed by atoms with E-state index in [1.807, 2.05) is 11.4 Å². The molecule has 1 aromatic heterocycles. The standard InChI is InChI=1S/C10H11NO4S3/c1-17(12,13)11(18(2,14)15)9-3-4-10-8(7-9)5-6-16-10/h3-7H,1-2H3. The number of anilines is 1. The smallest absolute Gasteiger partial charge is 0.206 e. The first-order valence-electron chi connectivity index (χ1n) is 4.87. The van der Waals surface area contributed by atoms with E-state index in [2.05, 4.69) is 0 Å². The molecule has 0 atom stereocenters. The van der Waals surface area contributed by atoms with Crippen molar-refractivity contribution in [3.63, 3.8) is 0 Å². The maximum atomic E-state index is 11.6. The number of fused-ring (bicyclic) bond motifs is 1. The van der Waals surface area contributed by atoms with E-state index < -0.39 is 20.0 Å². The monoisotopic (exact) mass is 305 g/mol. The predicted octanol–water partition coefficient (Wildman–Crippen LogP) is 1.63. The first-order valence-corrected chi connectivity index (χ1v) is 9.45. The number of thiophene rings is 1. The summed E-state index contributed by atoms with van der Waals surface area (Å²) in [7, 11) is -7.76. The quantitative estimate of drug-likeness (QED) is 0.864. The van der Waals surface area contributed by atoms with Crippen LogP contribution in [0.25, 0.3) is 10.1 Å². The van der Waals surface area contributed by atoms with Crippen molar-refractivity contribution in [2.75, 3.05) is 16.2 Å². The summed E-state index contributed by atoms with van der Waals surface area (Å²) in [4.78, 5) is 0. The molecule has 0 bridgehead atoms. The normalized spacial score (nSPS) is 12.8. The Bertz CT molecular complexity index is 757. The number of hydrogen-bond acceptors (Lipinski definition) is 5. The van der Waals surface area contributed by atoms with Crippen LogP contribution >= 0.6 is 11.3 Å². The molecule has 0 fully saturated rings. The highest BCUT2D eigenvalue weighted by Crippen LogP contribution is 2.28. The van der Waals surface area contributed by atoms with Gasteiger partial charge < -0.3 is 0 Å². The second-order valence-electron chi connectivity index (χ2n) is 3.87. The lowest BCUT2D eigenvalue weighted by Gasteiger charge is -2.19. The second-order valence-corrected chi connectivity index (χ2v) is 8.71. The molecule has 2 rings (SSSR count). The molecule has 98 valence electrons. The van der Waals surface area contributed by atoms with E-state index in [0.717, 1.165) is 22.6 Å². The van der Waals surface area contributed by atoms with E-state index in [4.69, 9.17) is 0 Å². The van der Waals surface area contributed by atoms with Crippen molar-refractivity contribution in [3.05, 3.63) is 29.6 Å². The van der Waals surface area contributed by atoms with Gasteiger partial charge in [0.1, 0.15) is 0 Å². The Balaban J connectivity index is 2.69. The maximum Gasteiger partial charge on any atom is 0.245 e. The highest BCUT2D eigenvalue weighted by Gasteiger charge is 2.27. The summed E-state index contributed by atoms with van der Waals surface area (Å²) in [5.41, 5.74) is 0.130. The molecule has 0 radical (unpaired) electrons. The van der Waals surface area contributed by atoms with Crippen LogP contribution < -0.4 is 3.71 Å². The zero-order chi connectivity index (χ0) is 13.6. The molecule has 0 aliphatic carbocycles. The zero-order valence-electron chi connectivity index (χ0n) is 9.69. The Labute approximate surface area is 110 Å². The van der Waals surface area contributed by atoms with E-state index in [0.29, 0.717) is 3.71 Å². The van der Waals surface area contributed by atoms with Gasteiger partial charge in [0.2, 0.25) is 20.0 Å². The first kappa shape index (κ1) is 13.3. The summed E-state index contributed by atoms with van der Waals surface area (Å²) in [5.74, 6) is 0. The van der Waals surface area contributed by atoms with E-state index >= 15 is 0 Å². The third-order valence-corrected chi connectivity index (χ3v) is 6.40. The molecule has 5 nitrogen and oxygen atoms in total. The fraction of sp³-hybridized carbons (Fsp3) is 0.200. The van der Waals surface area contributed by atoms with Crippen LogP contribution in [0, 0.1) is 0 Å². The van der Waals surface area contributed by atoms with E-state index in [1.165, 1.54) is 17.4 Å². The first-order chi connectivity index (χ1) is 8.19. The van der Waals surface area contributed by atoms with Crippen LogP contribution in [0.2, 0.25) is 0 Å². The summed E-state index contributed by atoms with van der Waals surface area (Å²) in [5, 5.41) is 2.68. The molecule has 8 heteroatoms. The molecule has 0 aliphatic heterocycles. The highest BCUT2D eigenvalue weighted by atomic mass is 32.3. The fourth-order valence-corrected chi connectivity index (χ4v) is 5.43. The van der Waals surface area contributed by atoms with Crippen molar-refractivity contribution in [1.82, 2.24) is 0 Å². The van der Waals surface area contributed by atoms with Gasteiger partial charge in [-0.3, -0.25) is 0 Å². The largest absolute Gasteiger partial charge is 0.245 e. The predicted molar refractivity (Wildman–Crippen MR) is 74.0 cm³/mol. The van der Waals surface area contributed by atoms with Crippen LogP contribution in [0.1, 0.15) is 0 Å². The Hall–Kier alpha value is -1.12. The van der Waals surface area contributed by atoms with Crippen LogP contribution in [-0.4, -0.2) is 29.3 Å². The lowest BCUT2D eigenvalue weighted by Crippen LogP contribution is -2.35. The molecule has 0 saturated heterocycles. The summed E-state index contributed by atoms with van der Waals surface area (Å²) in [6, 6.07) is 6.56. The van der Waals surface area contributed by atoms with Gasteiger partial charge in [0, 0.05) is 4.70 Å². The molecule has 0 saturated carbocycles. The van der Waals surface area contributed by atoms with Crippen molar-refractivity contribution in [2.24, 2.45) is 0 Å². The minimum Gasteiger partial charge on any atom is -0.206 e. The van der Waals surface area contributed by atoms with E-state index in [9.17, 15) is 16.8 Å². The number of rotatable bonds is 3. The maximum absolute atomic E-state index is 11.6. The Morgan fingerprint density at radius 3 is 2.17 bits per heavy atom. The molecule has 0 N–H and O–H groups in total.